The van der Waals surface area contributed by atoms with Crippen LogP contribution < -0.4 is 16.6 Å². The summed E-state index contributed by atoms with van der Waals surface area (Å²) in [5.41, 5.74) is 0.189. The number of aryl methyl sites for hydroxylation is 1. The number of esters is 3. The van der Waals surface area contributed by atoms with Gasteiger partial charge in [-0.1, -0.05) is 81.3 Å². The fourth-order valence-corrected chi connectivity index (χ4v) is 12.3. The Kier molecular flexibility index (Phi) is 25.5. The monoisotopic (exact) mass is 1130 g/mol. The van der Waals surface area contributed by atoms with Gasteiger partial charge in [0, 0.05) is 68.5 Å². The van der Waals surface area contributed by atoms with Gasteiger partial charge in [0.2, 0.25) is 12.5 Å². The van der Waals surface area contributed by atoms with Crippen molar-refractivity contribution in [1.29, 1.82) is 0 Å². The summed E-state index contributed by atoms with van der Waals surface area (Å²) < 4.78 is 54.5. The van der Waals surface area contributed by atoms with Crippen LogP contribution in [0, 0.1) is 19.4 Å². The highest BCUT2D eigenvalue weighted by molar-refractivity contribution is 7.50. The number of aromatic nitrogens is 2. The van der Waals surface area contributed by atoms with E-state index in [0.717, 1.165) is 19.3 Å². The molecule has 2 aliphatic rings. The van der Waals surface area contributed by atoms with Crippen LogP contribution in [0.25, 0.3) is 4.85 Å². The Morgan fingerprint density at radius 1 is 0.725 bits per heavy atom. The lowest BCUT2D eigenvalue weighted by Crippen LogP contribution is -2.58. The minimum atomic E-state index is -1.20. The number of rotatable bonds is 31. The smallest absolute Gasteiger partial charge is 0.338 e. The van der Waals surface area contributed by atoms with E-state index in [2.05, 4.69) is 47.5 Å². The highest BCUT2D eigenvalue weighted by Crippen LogP contribution is 2.50. The van der Waals surface area contributed by atoms with Crippen LogP contribution in [0.1, 0.15) is 142 Å². The van der Waals surface area contributed by atoms with Gasteiger partial charge in [-0.05, 0) is 103 Å². The molecule has 2 aliphatic heterocycles. The van der Waals surface area contributed by atoms with Gasteiger partial charge in [0.05, 0.1) is 22.8 Å². The molecule has 2 N–H and O–H groups in total. The van der Waals surface area contributed by atoms with Crippen LogP contribution in [0.2, 0.25) is 0 Å². The summed E-state index contributed by atoms with van der Waals surface area (Å²) >= 11 is 0. The molecule has 20 heteroatoms. The zero-order valence-electron chi connectivity index (χ0n) is 47.2. The zero-order valence-corrected chi connectivity index (χ0v) is 48.1. The topological polar surface area (TPSA) is 217 Å². The average molecular weight is 1130 g/mol. The fraction of sp³-hybridized carbons (Fsp3) is 0.550. The van der Waals surface area contributed by atoms with Gasteiger partial charge in [-0.3, -0.25) is 23.8 Å². The highest BCUT2D eigenvalue weighted by Gasteiger charge is 2.51. The van der Waals surface area contributed by atoms with Crippen molar-refractivity contribution in [2.75, 3.05) is 39.1 Å². The zero-order chi connectivity index (χ0) is 57.6. The van der Waals surface area contributed by atoms with Crippen LogP contribution in [0.3, 0.4) is 0 Å². The van der Waals surface area contributed by atoms with E-state index < -0.39 is 86.4 Å². The van der Waals surface area contributed by atoms with Gasteiger partial charge in [-0.15, -0.1) is 0 Å². The predicted molar refractivity (Wildman–Crippen MR) is 302 cm³/mol. The number of unbranched alkanes of at least 4 members (excludes halogenated alkanes) is 4. The number of amides is 1. The minimum absolute atomic E-state index is 0.0917. The number of hydrogen-bond donors (Lipinski definition) is 2. The van der Waals surface area contributed by atoms with Gasteiger partial charge in [0.15, 0.2) is 18.6 Å². The van der Waals surface area contributed by atoms with E-state index in [0.29, 0.717) is 69.1 Å². The highest BCUT2D eigenvalue weighted by atomic mass is 31.2. The third-order valence-corrected chi connectivity index (χ3v) is 16.5. The van der Waals surface area contributed by atoms with Crippen molar-refractivity contribution in [3.05, 3.63) is 152 Å². The molecule has 1 amide bonds. The maximum atomic E-state index is 13.6. The van der Waals surface area contributed by atoms with Crippen LogP contribution in [-0.2, 0) is 42.5 Å². The van der Waals surface area contributed by atoms with Crippen molar-refractivity contribution < 1.29 is 56.9 Å². The minimum Gasteiger partial charge on any atom is -0.459 e. The molecule has 2 saturated heterocycles. The van der Waals surface area contributed by atoms with E-state index in [9.17, 15) is 28.8 Å². The Morgan fingerprint density at radius 2 is 1.30 bits per heavy atom. The lowest BCUT2D eigenvalue weighted by Gasteiger charge is -2.44. The Hall–Kier alpha value is -6.10. The average Bonchev–Trinajstić information content (AvgIpc) is 3.85. The van der Waals surface area contributed by atoms with Crippen molar-refractivity contribution in [2.45, 2.75) is 167 Å². The molecule has 2 unspecified atom stereocenters. The number of hydrogen-bond acceptors (Lipinski definition) is 15. The van der Waals surface area contributed by atoms with E-state index >= 15 is 0 Å². The number of nitrogens with one attached hydrogen (secondary N) is 2. The molecular weight excluding hydrogens is 1050 g/mol. The lowest BCUT2D eigenvalue weighted by atomic mass is 9.91. The third kappa shape index (κ3) is 18.2. The second-order valence-corrected chi connectivity index (χ2v) is 22.5. The Morgan fingerprint density at radius 3 is 1.90 bits per heavy atom. The molecule has 19 nitrogen and oxygen atoms in total. The van der Waals surface area contributed by atoms with E-state index in [1.165, 1.54) is 10.8 Å². The quantitative estimate of drug-likeness (QED) is 0.0158. The second kappa shape index (κ2) is 32.4. The lowest BCUT2D eigenvalue weighted by molar-refractivity contribution is -0.281. The molecule has 2 fully saturated rings. The number of ether oxygens (including phenoxy) is 7. The molecule has 10 atom stereocenters. The standard InChI is InChI=1S/C60H80N5O14P/c1-9-47-52(79-80(37-25-33-61-8)65(40(2)3)41(4)5)53(55(75-47)64-38-42(6)54(67)63-60(64)71)72-35-23-11-10-22-34-62-49(66)32-21-24-36-73-59-43(7)50(77-57(69)45-28-17-13-18-29-45)51(78-58(70)46-30-19-14-20-31-46)48(76-59)39-74-56(68)44-26-15-12-16-27-44/h12-20,26-31,38,40-41,43,47-48,50-53,55,59H,9-11,21-25,32-37,39H2,1-7H3,(H,62,66)(H,63,67,71)/t43-,47-,48-,50-,51+,52+,53?,55-,59-,80?/m1/s1. The molecule has 3 aromatic carbocycles. The number of carbonyl (C=O) groups is 4. The van der Waals surface area contributed by atoms with Crippen LogP contribution >= 0.6 is 8.30 Å². The summed E-state index contributed by atoms with van der Waals surface area (Å²) in [6.45, 7) is 22.5. The molecule has 1 aromatic heterocycles. The fourth-order valence-electron chi connectivity index (χ4n) is 9.83. The summed E-state index contributed by atoms with van der Waals surface area (Å²) in [4.78, 5) is 84.8. The van der Waals surface area contributed by atoms with E-state index in [-0.39, 0.29) is 54.9 Å². The summed E-state index contributed by atoms with van der Waals surface area (Å²) in [6.07, 6.45) is 1.17. The molecule has 80 heavy (non-hydrogen) atoms. The van der Waals surface area contributed by atoms with Gasteiger partial charge < -0.3 is 47.8 Å². The predicted octanol–water partition coefficient (Wildman–Crippen LogP) is 9.20. The van der Waals surface area contributed by atoms with Crippen molar-refractivity contribution in [3.8, 4) is 0 Å². The van der Waals surface area contributed by atoms with Crippen molar-refractivity contribution in [3.63, 3.8) is 0 Å². The molecule has 6 rings (SSSR count). The molecule has 0 saturated carbocycles. The molecule has 0 bridgehead atoms. The summed E-state index contributed by atoms with van der Waals surface area (Å²) in [5.74, 6) is -2.70. The molecule has 4 aromatic rings. The van der Waals surface area contributed by atoms with Crippen molar-refractivity contribution >= 4 is 32.1 Å². The second-order valence-electron chi connectivity index (χ2n) is 20.7. The molecule has 434 valence electrons. The first-order valence-corrected chi connectivity index (χ1v) is 29.4. The number of carbonyl (C=O) groups excluding carboxylic acids is 4. The van der Waals surface area contributed by atoms with Gasteiger partial charge in [0.1, 0.15) is 39.3 Å². The summed E-state index contributed by atoms with van der Waals surface area (Å²) in [6, 6.07) is 25.6. The summed E-state index contributed by atoms with van der Waals surface area (Å²) in [7, 11) is -1.17. The van der Waals surface area contributed by atoms with Crippen LogP contribution in [-0.4, -0.2) is 132 Å². The molecule has 3 heterocycles. The van der Waals surface area contributed by atoms with E-state index in [4.69, 9.17) is 44.3 Å². The number of nitrogens with zero attached hydrogens (tertiary/aromatic N) is 3. The molecular formula is C60H80N5O14P. The first-order valence-electron chi connectivity index (χ1n) is 28.0. The molecule has 0 radical (unpaired) electrons. The third-order valence-electron chi connectivity index (χ3n) is 13.9. The first kappa shape index (κ1) is 63.1. The van der Waals surface area contributed by atoms with Crippen LogP contribution in [0.15, 0.2) is 107 Å². The first-order chi connectivity index (χ1) is 38.6. The van der Waals surface area contributed by atoms with Gasteiger partial charge in [0.25, 0.3) is 5.56 Å². The largest absolute Gasteiger partial charge is 0.459 e. The molecule has 0 spiro atoms. The number of benzene rings is 3. The maximum Gasteiger partial charge on any atom is 0.338 e. The number of H-pyrrole nitrogens is 1. The van der Waals surface area contributed by atoms with Crippen LogP contribution in [0.4, 0.5) is 0 Å². The van der Waals surface area contributed by atoms with Crippen LogP contribution in [0.5, 0.6) is 0 Å². The maximum absolute atomic E-state index is 13.6. The van der Waals surface area contributed by atoms with Crippen molar-refractivity contribution in [1.82, 2.24) is 19.5 Å². The normalized spacial score (nSPS) is 22.2. The molecule has 0 aliphatic carbocycles. The Balaban J connectivity index is 0.993. The number of aromatic amines is 1. The van der Waals surface area contributed by atoms with Gasteiger partial charge >= 0.3 is 23.6 Å². The SMILES string of the molecule is [C-]#[N+]CCCP(O[C@@H]1C(OCCCCCCNC(=O)CCCCO[C@@H]2O[C@H](COC(=O)c3ccccc3)[C@H](OC(=O)c3ccccc3)[C@H](OC(=O)c3ccccc3)[C@H]2C)[C@H](n2cc(C)c(=O)[nH]c2=O)O[C@@H]1CC)N(C(C)C)C(C)C. The Labute approximate surface area is 471 Å². The van der Waals surface area contributed by atoms with Crippen molar-refractivity contribution in [2.24, 2.45) is 5.92 Å². The van der Waals surface area contributed by atoms with Gasteiger partial charge in [-0.2, -0.15) is 0 Å². The summed E-state index contributed by atoms with van der Waals surface area (Å²) in [5, 5.41) is 3.02. The van der Waals surface area contributed by atoms with E-state index in [1.807, 2.05) is 6.92 Å². The van der Waals surface area contributed by atoms with E-state index in [1.54, 1.807) is 105 Å². The van der Waals surface area contributed by atoms with Gasteiger partial charge in [-0.25, -0.2) is 25.8 Å². The Bertz CT molecular complexity index is 2710.